The summed E-state index contributed by atoms with van der Waals surface area (Å²) in [5.74, 6) is 0. The van der Waals surface area contributed by atoms with Gasteiger partial charge in [-0.05, 0) is 0 Å². The van der Waals surface area contributed by atoms with E-state index >= 15 is 0 Å². The molecule has 0 aliphatic rings. The first kappa shape index (κ1) is 28.3. The molecule has 0 unspecified atom stereocenters. The van der Waals surface area contributed by atoms with Crippen LogP contribution in [0.3, 0.4) is 0 Å². The van der Waals surface area contributed by atoms with Gasteiger partial charge in [0.1, 0.15) is 0 Å². The van der Waals surface area contributed by atoms with E-state index in [1.165, 1.54) is 0 Å². The van der Waals surface area contributed by atoms with E-state index in [-0.39, 0.29) is 89.5 Å². The quantitative estimate of drug-likeness (QED) is 0.488. The van der Waals surface area contributed by atoms with E-state index in [1.807, 2.05) is 0 Å². The second-order valence-electron chi connectivity index (χ2n) is 0. The Hall–Kier alpha value is 2.95. The Balaban J connectivity index is 0. The molecule has 19 valence electrons. The zero-order chi connectivity index (χ0) is 0. The largest absolute Gasteiger partial charge is 0 e. The maximum absolute atomic E-state index is 0. The molecule has 0 bridgehead atoms. The van der Waals surface area contributed by atoms with Crippen LogP contribution in [0.1, 0.15) is 0 Å². The monoisotopic (exact) mass is 415 g/mol. The Morgan fingerprint density at radius 3 is 1.00 bits per heavy atom. The van der Waals surface area contributed by atoms with Crippen molar-refractivity contribution in [2.45, 2.75) is 0 Å². The van der Waals surface area contributed by atoms with Gasteiger partial charge in [-0.25, -0.2) is 0 Å². The van der Waals surface area contributed by atoms with Gasteiger partial charge in [-0.1, -0.05) is 0 Å². The minimum Gasteiger partial charge on any atom is 0 e. The molecule has 0 aromatic rings. The first-order valence-corrected chi connectivity index (χ1v) is 0. The maximum atomic E-state index is 0. The summed E-state index contributed by atoms with van der Waals surface area (Å²) >= 11 is 0. The van der Waals surface area contributed by atoms with Gasteiger partial charge in [-0.3, -0.25) is 0 Å². The molecular formula is NbTaVZr. The SMILES string of the molecule is [Nb].[Ta].[V].[Zr]. The molecule has 4 heavy (non-hydrogen) atoms. The smallest absolute Gasteiger partial charge is 0 e. The first-order chi connectivity index (χ1) is 0. The predicted molar refractivity (Wildman–Crippen MR) is 0 cm³/mol. The summed E-state index contributed by atoms with van der Waals surface area (Å²) < 4.78 is 0. The predicted octanol–water partition coefficient (Wildman–Crippen LogP) is -0.0100. The van der Waals surface area contributed by atoms with Gasteiger partial charge in [0.2, 0.25) is 0 Å². The van der Waals surface area contributed by atoms with Gasteiger partial charge in [0.15, 0.2) is 0 Å². The van der Waals surface area contributed by atoms with E-state index < -0.39 is 0 Å². The van der Waals surface area contributed by atoms with Crippen molar-refractivity contribution in [3.05, 3.63) is 0 Å². The molecule has 0 aliphatic heterocycles. The van der Waals surface area contributed by atoms with Crippen molar-refractivity contribution in [1.82, 2.24) is 0 Å². The van der Waals surface area contributed by atoms with Crippen LogP contribution in [-0.2, 0) is 89.5 Å². The van der Waals surface area contributed by atoms with Crippen LogP contribution in [0.2, 0.25) is 0 Å². The zero-order valence-corrected chi connectivity index (χ0v) is 11.1. The molecule has 3 radical (unpaired) electrons. The zero-order valence-electron chi connectivity index (χ0n) is 1.84. The molecule has 0 spiro atoms. The van der Waals surface area contributed by atoms with Crippen LogP contribution in [0.25, 0.3) is 0 Å². The molecule has 0 rings (SSSR count). The average molecular weight is 416 g/mol. The van der Waals surface area contributed by atoms with Crippen LogP contribution in [0.15, 0.2) is 0 Å². The van der Waals surface area contributed by atoms with Gasteiger partial charge in [0, 0.05) is 89.5 Å². The maximum Gasteiger partial charge on any atom is 0 e. The van der Waals surface area contributed by atoms with Crippen molar-refractivity contribution >= 4 is 0 Å². The second kappa shape index (κ2) is 16.8. The average Bonchev–Trinajstić information content (AvgIpc) is 0. The molecule has 0 atom stereocenters. The summed E-state index contributed by atoms with van der Waals surface area (Å²) in [7, 11) is 0. The molecule has 0 N–H and O–H groups in total. The summed E-state index contributed by atoms with van der Waals surface area (Å²) in [6.45, 7) is 0. The molecule has 0 aliphatic carbocycles. The minimum atomic E-state index is 0. The Morgan fingerprint density at radius 1 is 1.00 bits per heavy atom. The van der Waals surface area contributed by atoms with Crippen molar-refractivity contribution in [3.63, 3.8) is 0 Å². The van der Waals surface area contributed by atoms with Crippen LogP contribution in [0, 0.1) is 0 Å². The summed E-state index contributed by atoms with van der Waals surface area (Å²) in [4.78, 5) is 0. The minimum absolute atomic E-state index is 0. The van der Waals surface area contributed by atoms with Crippen molar-refractivity contribution in [2.75, 3.05) is 0 Å². The van der Waals surface area contributed by atoms with E-state index in [9.17, 15) is 0 Å². The fraction of sp³-hybridized carbons (Fsp3) is 0. The normalized spacial score (nSPS) is 0. The van der Waals surface area contributed by atoms with Gasteiger partial charge < -0.3 is 0 Å². The van der Waals surface area contributed by atoms with Crippen molar-refractivity contribution in [1.29, 1.82) is 0 Å². The molecule has 0 aromatic carbocycles. The third-order valence-corrected chi connectivity index (χ3v) is 0. The van der Waals surface area contributed by atoms with Gasteiger partial charge >= 0.3 is 0 Å². The van der Waals surface area contributed by atoms with Crippen LogP contribution in [0.5, 0.6) is 0 Å². The van der Waals surface area contributed by atoms with Crippen LogP contribution in [-0.4, -0.2) is 0 Å². The first-order valence-electron chi connectivity index (χ1n) is 0. The summed E-state index contributed by atoms with van der Waals surface area (Å²) in [5.41, 5.74) is 0. The molecule has 0 fully saturated rings. The fourth-order valence-corrected chi connectivity index (χ4v) is 0. The van der Waals surface area contributed by atoms with Gasteiger partial charge in [0.05, 0.1) is 0 Å². The van der Waals surface area contributed by atoms with E-state index in [1.54, 1.807) is 0 Å². The van der Waals surface area contributed by atoms with Crippen LogP contribution >= 0.6 is 0 Å². The molecule has 0 nitrogen and oxygen atoms in total. The van der Waals surface area contributed by atoms with Crippen molar-refractivity contribution < 1.29 is 89.5 Å². The third-order valence-electron chi connectivity index (χ3n) is 0. The molecular weight excluding hydrogens is 416 g/mol. The number of rotatable bonds is 0. The standard InChI is InChI=1S/Nb.Ta.V.Zr. The van der Waals surface area contributed by atoms with Gasteiger partial charge in [-0.2, -0.15) is 0 Å². The van der Waals surface area contributed by atoms with E-state index in [4.69, 9.17) is 0 Å². The number of hydrogen-bond acceptors (Lipinski definition) is 0. The van der Waals surface area contributed by atoms with Crippen molar-refractivity contribution in [2.24, 2.45) is 0 Å². The molecule has 0 saturated heterocycles. The summed E-state index contributed by atoms with van der Waals surface area (Å²) in [6.07, 6.45) is 0. The summed E-state index contributed by atoms with van der Waals surface area (Å²) in [6, 6.07) is 0. The molecule has 0 saturated carbocycles. The molecule has 0 heterocycles. The Kier molecular flexibility index (Phi) is 118. The van der Waals surface area contributed by atoms with E-state index in [2.05, 4.69) is 0 Å². The Morgan fingerprint density at radius 2 is 1.00 bits per heavy atom. The number of hydrogen-bond donors (Lipinski definition) is 0. The Bertz CT molecular complexity index is 8.00. The Labute approximate surface area is 87.9 Å². The van der Waals surface area contributed by atoms with Crippen LogP contribution in [0.4, 0.5) is 0 Å². The fourth-order valence-electron chi connectivity index (χ4n) is 0. The van der Waals surface area contributed by atoms with E-state index in [0.717, 1.165) is 0 Å². The van der Waals surface area contributed by atoms with Crippen LogP contribution < -0.4 is 0 Å². The van der Waals surface area contributed by atoms with Gasteiger partial charge in [0.25, 0.3) is 0 Å². The van der Waals surface area contributed by atoms with Gasteiger partial charge in [-0.15, -0.1) is 0 Å². The second-order valence-corrected chi connectivity index (χ2v) is 0. The molecule has 4 heteroatoms. The molecule has 0 aromatic heterocycles. The summed E-state index contributed by atoms with van der Waals surface area (Å²) in [5, 5.41) is 0. The molecule has 0 amide bonds. The van der Waals surface area contributed by atoms with Crippen molar-refractivity contribution in [3.8, 4) is 0 Å². The third kappa shape index (κ3) is 8.87. The van der Waals surface area contributed by atoms with E-state index in [0.29, 0.717) is 0 Å². The topological polar surface area (TPSA) is 0 Å².